The smallest absolute Gasteiger partial charge is 0.326 e. The van der Waals surface area contributed by atoms with Crippen LogP contribution in [0.4, 0.5) is 0 Å². The molecule has 0 aliphatic heterocycles. The van der Waals surface area contributed by atoms with Crippen LogP contribution in [0.15, 0.2) is 0 Å². The van der Waals surface area contributed by atoms with E-state index >= 15 is 0 Å². The number of hydrogen-bond acceptors (Lipinski definition) is 3. The number of carbonyl (C=O) groups excluding carboxylic acids is 1. The molecule has 1 aliphatic carbocycles. The van der Waals surface area contributed by atoms with E-state index in [9.17, 15) is 4.79 Å². The van der Waals surface area contributed by atoms with E-state index in [0.717, 1.165) is 44.6 Å². The number of esters is 1. The second kappa shape index (κ2) is 6.74. The first kappa shape index (κ1) is 16.5. The van der Waals surface area contributed by atoms with Gasteiger partial charge in [0.2, 0.25) is 0 Å². The molecule has 1 saturated carbocycles. The number of ether oxygens (including phenoxy) is 1. The summed E-state index contributed by atoms with van der Waals surface area (Å²) in [7, 11) is 1.50. The molecule has 3 heteroatoms. The Morgan fingerprint density at radius 1 is 1.32 bits per heavy atom. The van der Waals surface area contributed by atoms with E-state index < -0.39 is 5.54 Å². The van der Waals surface area contributed by atoms with Crippen LogP contribution in [0, 0.1) is 11.3 Å². The van der Waals surface area contributed by atoms with E-state index in [2.05, 4.69) is 33.0 Å². The molecule has 0 amide bonds. The van der Waals surface area contributed by atoms with Gasteiger partial charge in [0.15, 0.2) is 0 Å². The van der Waals surface area contributed by atoms with Gasteiger partial charge >= 0.3 is 5.97 Å². The minimum Gasteiger partial charge on any atom is -0.468 e. The monoisotopic (exact) mass is 269 g/mol. The Bertz CT molecular complexity index is 291. The molecular formula is C16H31NO2. The Morgan fingerprint density at radius 3 is 2.32 bits per heavy atom. The summed E-state index contributed by atoms with van der Waals surface area (Å²) >= 11 is 0. The molecule has 3 nitrogen and oxygen atoms in total. The first-order valence-corrected chi connectivity index (χ1v) is 7.75. The van der Waals surface area contributed by atoms with Crippen LogP contribution in [0.1, 0.15) is 66.2 Å². The highest BCUT2D eigenvalue weighted by atomic mass is 16.5. The zero-order chi connectivity index (χ0) is 14.5. The SMILES string of the molecule is CCCNC1(C(=O)OC)CCC(C(C)(C)CC)CC1. The van der Waals surface area contributed by atoms with Crippen LogP contribution in [-0.2, 0) is 9.53 Å². The molecule has 0 heterocycles. The Labute approximate surface area is 118 Å². The molecule has 0 radical (unpaired) electrons. The number of rotatable bonds is 6. The van der Waals surface area contributed by atoms with Crippen molar-refractivity contribution in [1.29, 1.82) is 0 Å². The van der Waals surface area contributed by atoms with E-state index in [1.54, 1.807) is 0 Å². The van der Waals surface area contributed by atoms with Crippen LogP contribution >= 0.6 is 0 Å². The third-order valence-corrected chi connectivity index (χ3v) is 5.15. The van der Waals surface area contributed by atoms with Gasteiger partial charge in [0.1, 0.15) is 5.54 Å². The predicted molar refractivity (Wildman–Crippen MR) is 79.1 cm³/mol. The van der Waals surface area contributed by atoms with Crippen molar-refractivity contribution in [3.05, 3.63) is 0 Å². The summed E-state index contributed by atoms with van der Waals surface area (Å²) < 4.78 is 5.04. The summed E-state index contributed by atoms with van der Waals surface area (Å²) in [6.45, 7) is 9.97. The highest BCUT2D eigenvalue weighted by Crippen LogP contribution is 2.43. The molecule has 0 aromatic heterocycles. The average Bonchev–Trinajstić information content (AvgIpc) is 2.44. The van der Waals surface area contributed by atoms with E-state index in [0.29, 0.717) is 5.41 Å². The number of hydrogen-bond donors (Lipinski definition) is 1. The van der Waals surface area contributed by atoms with E-state index in [1.165, 1.54) is 13.5 Å². The molecule has 0 aromatic rings. The normalized spacial score (nSPS) is 28.2. The highest BCUT2D eigenvalue weighted by Gasteiger charge is 2.44. The predicted octanol–water partition coefficient (Wildman–Crippen LogP) is 3.52. The summed E-state index contributed by atoms with van der Waals surface area (Å²) in [4.78, 5) is 12.1. The van der Waals surface area contributed by atoms with Crippen molar-refractivity contribution in [1.82, 2.24) is 5.32 Å². The van der Waals surface area contributed by atoms with Crippen molar-refractivity contribution in [2.24, 2.45) is 11.3 Å². The molecule has 1 rings (SSSR count). The first-order valence-electron chi connectivity index (χ1n) is 7.75. The summed E-state index contributed by atoms with van der Waals surface area (Å²) in [5.74, 6) is 0.646. The zero-order valence-corrected chi connectivity index (χ0v) is 13.3. The maximum atomic E-state index is 12.1. The van der Waals surface area contributed by atoms with E-state index in [-0.39, 0.29) is 5.97 Å². The van der Waals surface area contributed by atoms with Gasteiger partial charge in [-0.1, -0.05) is 34.1 Å². The third kappa shape index (κ3) is 3.71. The van der Waals surface area contributed by atoms with Gasteiger partial charge in [-0.05, 0) is 50.0 Å². The van der Waals surface area contributed by atoms with Crippen molar-refractivity contribution < 1.29 is 9.53 Å². The topological polar surface area (TPSA) is 38.3 Å². The lowest BCUT2D eigenvalue weighted by molar-refractivity contribution is -0.151. The number of methoxy groups -OCH3 is 1. The first-order chi connectivity index (χ1) is 8.91. The molecule has 0 spiro atoms. The fraction of sp³-hybridized carbons (Fsp3) is 0.938. The van der Waals surface area contributed by atoms with Gasteiger partial charge < -0.3 is 10.1 Å². The molecule has 0 aromatic carbocycles. The Kier molecular flexibility index (Phi) is 5.84. The van der Waals surface area contributed by atoms with Crippen LogP contribution in [-0.4, -0.2) is 25.2 Å². The molecule has 0 bridgehead atoms. The van der Waals surface area contributed by atoms with Gasteiger partial charge in [-0.2, -0.15) is 0 Å². The van der Waals surface area contributed by atoms with Crippen LogP contribution in [0.2, 0.25) is 0 Å². The van der Waals surface area contributed by atoms with Gasteiger partial charge in [-0.3, -0.25) is 4.79 Å². The second-order valence-electron chi connectivity index (χ2n) is 6.62. The molecule has 1 N–H and O–H groups in total. The lowest BCUT2D eigenvalue weighted by atomic mass is 9.65. The highest BCUT2D eigenvalue weighted by molar-refractivity contribution is 5.80. The lowest BCUT2D eigenvalue weighted by Gasteiger charge is -2.43. The van der Waals surface area contributed by atoms with Crippen molar-refractivity contribution in [3.8, 4) is 0 Å². The van der Waals surface area contributed by atoms with Crippen LogP contribution < -0.4 is 5.32 Å². The Hall–Kier alpha value is -0.570. The molecule has 19 heavy (non-hydrogen) atoms. The molecule has 112 valence electrons. The van der Waals surface area contributed by atoms with Crippen LogP contribution in [0.5, 0.6) is 0 Å². The molecule has 1 fully saturated rings. The van der Waals surface area contributed by atoms with Crippen molar-refractivity contribution in [2.45, 2.75) is 71.8 Å². The molecule has 0 unspecified atom stereocenters. The van der Waals surface area contributed by atoms with Gasteiger partial charge in [0, 0.05) is 0 Å². The molecule has 0 atom stereocenters. The molecular weight excluding hydrogens is 238 g/mol. The van der Waals surface area contributed by atoms with Gasteiger partial charge in [0.25, 0.3) is 0 Å². The van der Waals surface area contributed by atoms with Crippen LogP contribution in [0.3, 0.4) is 0 Å². The fourth-order valence-corrected chi connectivity index (χ4v) is 3.19. The Balaban J connectivity index is 2.71. The number of nitrogens with one attached hydrogen (secondary N) is 1. The standard InChI is InChI=1S/C16H31NO2/c1-6-12-17-16(14(18)19-5)10-8-13(9-11-16)15(3,4)7-2/h13,17H,6-12H2,1-5H3. The summed E-state index contributed by atoms with van der Waals surface area (Å²) in [6, 6.07) is 0. The lowest BCUT2D eigenvalue weighted by Crippen LogP contribution is -2.55. The average molecular weight is 269 g/mol. The van der Waals surface area contributed by atoms with Crippen molar-refractivity contribution in [2.75, 3.05) is 13.7 Å². The fourth-order valence-electron chi connectivity index (χ4n) is 3.19. The minimum absolute atomic E-state index is 0.0753. The minimum atomic E-state index is -0.426. The Morgan fingerprint density at radius 2 is 1.89 bits per heavy atom. The number of carbonyl (C=O) groups is 1. The largest absolute Gasteiger partial charge is 0.468 e. The van der Waals surface area contributed by atoms with Gasteiger partial charge in [0.05, 0.1) is 7.11 Å². The summed E-state index contributed by atoms with van der Waals surface area (Å²) in [5, 5.41) is 3.45. The van der Waals surface area contributed by atoms with Gasteiger partial charge in [-0.15, -0.1) is 0 Å². The molecule has 0 saturated heterocycles. The second-order valence-corrected chi connectivity index (χ2v) is 6.62. The third-order valence-electron chi connectivity index (χ3n) is 5.15. The van der Waals surface area contributed by atoms with E-state index in [4.69, 9.17) is 4.74 Å². The van der Waals surface area contributed by atoms with Crippen molar-refractivity contribution in [3.63, 3.8) is 0 Å². The van der Waals surface area contributed by atoms with Crippen LogP contribution in [0.25, 0.3) is 0 Å². The zero-order valence-electron chi connectivity index (χ0n) is 13.3. The van der Waals surface area contributed by atoms with Crippen molar-refractivity contribution >= 4 is 5.97 Å². The summed E-state index contributed by atoms with van der Waals surface area (Å²) in [5.41, 5.74) is -0.0435. The van der Waals surface area contributed by atoms with E-state index in [1.807, 2.05) is 0 Å². The summed E-state index contributed by atoms with van der Waals surface area (Å²) in [6.07, 6.45) is 6.30. The molecule has 1 aliphatic rings. The maximum Gasteiger partial charge on any atom is 0.326 e. The quantitative estimate of drug-likeness (QED) is 0.750. The maximum absolute atomic E-state index is 12.1. The van der Waals surface area contributed by atoms with Gasteiger partial charge in [-0.25, -0.2) is 0 Å².